The number of benzene rings is 6. The molecule has 0 amide bonds. The van der Waals surface area contributed by atoms with Gasteiger partial charge in [-0.3, -0.25) is 25.0 Å². The molecule has 0 unspecified atom stereocenters. The van der Waals surface area contributed by atoms with E-state index in [1.54, 1.807) is 42.5 Å². The first kappa shape index (κ1) is 37.1. The van der Waals surface area contributed by atoms with Crippen molar-refractivity contribution in [3.63, 3.8) is 0 Å². The molecule has 0 atom stereocenters. The Morgan fingerprint density at radius 2 is 1.11 bits per heavy atom. The molecule has 0 saturated heterocycles. The van der Waals surface area contributed by atoms with Crippen molar-refractivity contribution < 1.29 is 43.1 Å². The second kappa shape index (κ2) is 16.2. The first-order valence-electron chi connectivity index (χ1n) is 15.7. The van der Waals surface area contributed by atoms with Crippen molar-refractivity contribution in [2.45, 2.75) is 6.42 Å². The first-order valence-corrected chi connectivity index (χ1v) is 15.7. The molecule has 2 N–H and O–H groups in total. The summed E-state index contributed by atoms with van der Waals surface area (Å²) in [4.78, 5) is 33.7. The number of halogens is 2. The Labute approximate surface area is 301 Å². The number of phenols is 2. The highest BCUT2D eigenvalue weighted by Crippen LogP contribution is 2.43. The highest BCUT2D eigenvalue weighted by atomic mass is 19.1. The number of nitro benzene ring substituents is 2. The van der Waals surface area contributed by atoms with E-state index in [1.165, 1.54) is 80.9 Å². The van der Waals surface area contributed by atoms with Crippen LogP contribution in [0.15, 0.2) is 121 Å². The summed E-state index contributed by atoms with van der Waals surface area (Å²) in [5, 5.41) is 43.6. The van der Waals surface area contributed by atoms with Crippen molar-refractivity contribution in [2.24, 2.45) is 0 Å². The van der Waals surface area contributed by atoms with Crippen molar-refractivity contribution in [2.75, 3.05) is 14.2 Å². The fourth-order valence-corrected chi connectivity index (χ4v) is 5.54. The smallest absolute Gasteiger partial charge is 0.270 e. The van der Waals surface area contributed by atoms with Gasteiger partial charge in [0.1, 0.15) is 34.6 Å². The third kappa shape index (κ3) is 8.43. The molecule has 6 aromatic rings. The fraction of sp³-hybridized carbons (Fsp3) is 0.0750. The van der Waals surface area contributed by atoms with Gasteiger partial charge in [-0.05, 0) is 76.9 Å². The third-order valence-corrected chi connectivity index (χ3v) is 8.15. The zero-order valence-corrected chi connectivity index (χ0v) is 28.2. The highest BCUT2D eigenvalue weighted by molar-refractivity contribution is 6.12. The molecule has 0 saturated carbocycles. The van der Waals surface area contributed by atoms with Crippen LogP contribution in [0.25, 0.3) is 22.3 Å². The average Bonchev–Trinajstić information content (AvgIpc) is 3.16. The second-order valence-electron chi connectivity index (χ2n) is 11.4. The molecule has 0 heterocycles. The van der Waals surface area contributed by atoms with Crippen molar-refractivity contribution in [3.05, 3.63) is 175 Å². The molecule has 0 aromatic heterocycles. The molecule has 0 aliphatic rings. The summed E-state index contributed by atoms with van der Waals surface area (Å²) >= 11 is 0. The molecule has 0 fully saturated rings. The van der Waals surface area contributed by atoms with Crippen LogP contribution >= 0.6 is 0 Å². The van der Waals surface area contributed by atoms with Gasteiger partial charge < -0.3 is 19.7 Å². The molecule has 11 nitrogen and oxygen atoms in total. The van der Waals surface area contributed by atoms with E-state index in [4.69, 9.17) is 9.47 Å². The summed E-state index contributed by atoms with van der Waals surface area (Å²) in [7, 11) is 2.85. The number of carbonyl (C=O) groups is 1. The van der Waals surface area contributed by atoms with Crippen LogP contribution in [0.2, 0.25) is 0 Å². The topological polar surface area (TPSA) is 162 Å². The van der Waals surface area contributed by atoms with Crippen molar-refractivity contribution in [3.8, 4) is 45.3 Å². The van der Waals surface area contributed by atoms with E-state index in [0.29, 0.717) is 34.4 Å². The lowest BCUT2D eigenvalue weighted by molar-refractivity contribution is -0.385. The van der Waals surface area contributed by atoms with E-state index in [-0.39, 0.29) is 51.1 Å². The Morgan fingerprint density at radius 1 is 0.642 bits per heavy atom. The molecule has 0 aliphatic heterocycles. The number of phenolic OH excluding ortho intramolecular Hbond substituents is 2. The molecule has 0 spiro atoms. The summed E-state index contributed by atoms with van der Waals surface area (Å²) in [5.74, 6) is -1.05. The fourth-order valence-electron chi connectivity index (χ4n) is 5.54. The largest absolute Gasteiger partial charge is 0.507 e. The standard InChI is InChI=1S/C20H14FNO5.C20H16FNO4/c1-27-17-10-9-16(19(23)12-5-7-14(21)8-6-12)20(24)18(17)13-3-2-4-15(11-13)22(25)26;1-26-18-10-7-15(11-13-5-8-16(21)9-6-13)20(23)19(18)14-3-2-4-17(12-14)22(24)25/h2-11,24H,1H3;2-10,12,23H,11H2,1H3. The molecule has 6 aromatic carbocycles. The Hall–Kier alpha value is -7.15. The summed E-state index contributed by atoms with van der Waals surface area (Å²) in [6, 6.07) is 28.9. The van der Waals surface area contributed by atoms with Crippen LogP contribution in [0.3, 0.4) is 0 Å². The van der Waals surface area contributed by atoms with Gasteiger partial charge in [0, 0.05) is 36.2 Å². The highest BCUT2D eigenvalue weighted by Gasteiger charge is 2.22. The van der Waals surface area contributed by atoms with Gasteiger partial charge in [-0.2, -0.15) is 0 Å². The number of carbonyl (C=O) groups excluding carboxylic acids is 1. The lowest BCUT2D eigenvalue weighted by atomic mass is 9.95. The average molecular weight is 721 g/mol. The number of nitro groups is 2. The van der Waals surface area contributed by atoms with Crippen LogP contribution in [0.4, 0.5) is 20.2 Å². The molecular weight excluding hydrogens is 690 g/mol. The van der Waals surface area contributed by atoms with Crippen molar-refractivity contribution >= 4 is 17.2 Å². The number of methoxy groups -OCH3 is 2. The summed E-state index contributed by atoms with van der Waals surface area (Å²) in [6.07, 6.45) is 0.387. The van der Waals surface area contributed by atoms with E-state index >= 15 is 0 Å². The Morgan fingerprint density at radius 3 is 1.60 bits per heavy atom. The van der Waals surface area contributed by atoms with Crippen LogP contribution < -0.4 is 9.47 Å². The van der Waals surface area contributed by atoms with Gasteiger partial charge in [0.15, 0.2) is 5.78 Å². The predicted octanol–water partition coefficient (Wildman–Crippen LogP) is 9.05. The maximum Gasteiger partial charge on any atom is 0.270 e. The normalized spacial score (nSPS) is 10.5. The van der Waals surface area contributed by atoms with Gasteiger partial charge in [0.2, 0.25) is 0 Å². The molecule has 268 valence electrons. The molecule has 53 heavy (non-hydrogen) atoms. The molecular formula is C40H30F2N2O9. The van der Waals surface area contributed by atoms with Gasteiger partial charge in [0.25, 0.3) is 11.4 Å². The number of ether oxygens (including phenoxy) is 2. The van der Waals surface area contributed by atoms with E-state index in [1.807, 2.05) is 0 Å². The van der Waals surface area contributed by atoms with Crippen LogP contribution in [-0.4, -0.2) is 40.1 Å². The molecule has 13 heteroatoms. The SMILES string of the molecule is COc1ccc(C(=O)c2ccc(F)cc2)c(O)c1-c1cccc([N+](=O)[O-])c1.COc1ccc(Cc2ccc(F)cc2)c(O)c1-c1cccc([N+](=O)[O-])c1. The molecule has 0 aliphatic carbocycles. The monoisotopic (exact) mass is 720 g/mol. The van der Waals surface area contributed by atoms with Crippen molar-refractivity contribution in [1.29, 1.82) is 0 Å². The van der Waals surface area contributed by atoms with Crippen LogP contribution in [0.1, 0.15) is 27.0 Å². The third-order valence-electron chi connectivity index (χ3n) is 8.15. The summed E-state index contributed by atoms with van der Waals surface area (Å²) in [6.45, 7) is 0. The van der Waals surface area contributed by atoms with E-state index in [0.717, 1.165) is 17.7 Å². The van der Waals surface area contributed by atoms with Crippen LogP contribution in [0.5, 0.6) is 23.0 Å². The molecule has 0 radical (unpaired) electrons. The van der Waals surface area contributed by atoms with Crippen LogP contribution in [0, 0.1) is 31.9 Å². The quantitative estimate of drug-likeness (QED) is 0.0799. The summed E-state index contributed by atoms with van der Waals surface area (Å²) < 4.78 is 36.7. The first-order chi connectivity index (χ1) is 25.4. The summed E-state index contributed by atoms with van der Waals surface area (Å²) in [5.41, 5.74) is 2.73. The number of non-ortho nitro benzene ring substituents is 2. The Balaban J connectivity index is 0.000000204. The number of ketones is 1. The second-order valence-corrected chi connectivity index (χ2v) is 11.4. The number of hydrogen-bond donors (Lipinski definition) is 2. The Bertz CT molecular complexity index is 2310. The zero-order valence-electron chi connectivity index (χ0n) is 28.2. The predicted molar refractivity (Wildman–Crippen MR) is 193 cm³/mol. The van der Waals surface area contributed by atoms with Gasteiger partial charge in [-0.25, -0.2) is 8.78 Å². The van der Waals surface area contributed by atoms with E-state index < -0.39 is 21.4 Å². The number of aromatic hydroxyl groups is 2. The Kier molecular flexibility index (Phi) is 11.4. The minimum Gasteiger partial charge on any atom is -0.507 e. The van der Waals surface area contributed by atoms with Crippen molar-refractivity contribution in [1.82, 2.24) is 0 Å². The van der Waals surface area contributed by atoms with Gasteiger partial charge in [0.05, 0.1) is 40.8 Å². The van der Waals surface area contributed by atoms with E-state index in [2.05, 4.69) is 0 Å². The van der Waals surface area contributed by atoms with Crippen LogP contribution in [-0.2, 0) is 6.42 Å². The number of hydrogen-bond acceptors (Lipinski definition) is 9. The lowest BCUT2D eigenvalue weighted by Crippen LogP contribution is -2.03. The minimum absolute atomic E-state index is 0.0193. The molecule has 6 rings (SSSR count). The van der Waals surface area contributed by atoms with Gasteiger partial charge >= 0.3 is 0 Å². The van der Waals surface area contributed by atoms with Gasteiger partial charge in [-0.15, -0.1) is 0 Å². The lowest BCUT2D eigenvalue weighted by Gasteiger charge is -2.14. The number of rotatable bonds is 10. The minimum atomic E-state index is -0.555. The number of nitrogens with zero attached hydrogens (tertiary/aromatic N) is 2. The van der Waals surface area contributed by atoms with Gasteiger partial charge in [-0.1, -0.05) is 42.5 Å². The maximum absolute atomic E-state index is 13.1. The molecule has 0 bridgehead atoms. The maximum atomic E-state index is 13.1. The van der Waals surface area contributed by atoms with E-state index in [9.17, 15) is 44.0 Å². The zero-order chi connectivity index (χ0) is 38.2.